The molecule has 0 fully saturated rings. The summed E-state index contributed by atoms with van der Waals surface area (Å²) >= 11 is 17.4. The third-order valence-electron chi connectivity index (χ3n) is 1.96. The number of hydrogen-bond acceptors (Lipinski definition) is 3. The van der Waals surface area contributed by atoms with Crippen LogP contribution in [0.4, 0.5) is 0 Å². The monoisotopic (exact) mass is 288 g/mol. The molecule has 0 saturated heterocycles. The van der Waals surface area contributed by atoms with Gasteiger partial charge in [-0.15, -0.1) is 5.10 Å². The number of rotatable bonds is 3. The Hall–Kier alpha value is -1.03. The summed E-state index contributed by atoms with van der Waals surface area (Å²) in [5.74, 6) is 0.510. The van der Waals surface area contributed by atoms with Crippen molar-refractivity contribution >= 4 is 34.8 Å². The van der Waals surface area contributed by atoms with Gasteiger partial charge in [0.05, 0.1) is 5.02 Å². The summed E-state index contributed by atoms with van der Waals surface area (Å²) in [5, 5.41) is 8.97. The first-order chi connectivity index (χ1) is 8.15. The van der Waals surface area contributed by atoms with Gasteiger partial charge in [-0.05, 0) is 24.3 Å². The highest BCUT2D eigenvalue weighted by Crippen LogP contribution is 2.28. The first kappa shape index (κ1) is 12.4. The molecule has 1 aromatic carbocycles. The van der Waals surface area contributed by atoms with Crippen LogP contribution < -0.4 is 4.74 Å². The third kappa shape index (κ3) is 3.46. The van der Waals surface area contributed by atoms with Crippen LogP contribution in [0.1, 0.15) is 5.69 Å². The molecule has 0 aliphatic carbocycles. The molecule has 0 aliphatic heterocycles. The molecule has 3 nitrogen and oxygen atoms in total. The topological polar surface area (TPSA) is 35.0 Å². The highest BCUT2D eigenvalue weighted by Gasteiger charge is 2.04. The number of aromatic nitrogens is 2. The highest BCUT2D eigenvalue weighted by atomic mass is 35.5. The zero-order chi connectivity index (χ0) is 12.3. The fourth-order valence-corrected chi connectivity index (χ4v) is 1.60. The Morgan fingerprint density at radius 1 is 1.00 bits per heavy atom. The van der Waals surface area contributed by atoms with Gasteiger partial charge in [0.1, 0.15) is 18.1 Å². The van der Waals surface area contributed by atoms with Crippen LogP contribution in [0.15, 0.2) is 30.3 Å². The zero-order valence-electron chi connectivity index (χ0n) is 8.53. The highest BCUT2D eigenvalue weighted by molar-refractivity contribution is 6.34. The molecule has 0 radical (unpaired) electrons. The summed E-state index contributed by atoms with van der Waals surface area (Å²) in [5.41, 5.74) is 0.658. The van der Waals surface area contributed by atoms with E-state index in [1.807, 2.05) is 0 Å². The van der Waals surface area contributed by atoms with Crippen LogP contribution in [0.25, 0.3) is 0 Å². The second-order valence-corrected chi connectivity index (χ2v) is 4.44. The summed E-state index contributed by atoms with van der Waals surface area (Å²) in [6.45, 7) is 0.254. The fourth-order valence-electron chi connectivity index (χ4n) is 1.16. The first-order valence-electron chi connectivity index (χ1n) is 4.71. The average molecular weight is 290 g/mol. The van der Waals surface area contributed by atoms with Gasteiger partial charge >= 0.3 is 0 Å². The Morgan fingerprint density at radius 3 is 2.53 bits per heavy atom. The molecule has 0 N–H and O–H groups in total. The van der Waals surface area contributed by atoms with Gasteiger partial charge in [0.25, 0.3) is 0 Å². The number of hydrogen-bond donors (Lipinski definition) is 0. The Labute approximate surface area is 113 Å². The third-order valence-corrected chi connectivity index (χ3v) is 2.70. The maximum atomic E-state index is 5.95. The van der Waals surface area contributed by atoms with E-state index in [0.717, 1.165) is 0 Å². The van der Waals surface area contributed by atoms with Crippen LogP contribution in [0.2, 0.25) is 15.2 Å². The van der Waals surface area contributed by atoms with Crippen molar-refractivity contribution < 1.29 is 4.74 Å². The average Bonchev–Trinajstić information content (AvgIpc) is 2.32. The van der Waals surface area contributed by atoms with E-state index in [9.17, 15) is 0 Å². The molecule has 88 valence electrons. The van der Waals surface area contributed by atoms with Crippen LogP contribution in [-0.4, -0.2) is 10.2 Å². The van der Waals surface area contributed by atoms with Crippen LogP contribution in [-0.2, 0) is 6.61 Å². The van der Waals surface area contributed by atoms with Gasteiger partial charge in [-0.2, -0.15) is 5.10 Å². The fraction of sp³-hybridized carbons (Fsp3) is 0.0909. The maximum Gasteiger partial charge on any atom is 0.151 e. The van der Waals surface area contributed by atoms with E-state index >= 15 is 0 Å². The van der Waals surface area contributed by atoms with E-state index in [-0.39, 0.29) is 6.61 Å². The normalized spacial score (nSPS) is 10.3. The minimum absolute atomic E-state index is 0.254. The number of benzene rings is 1. The van der Waals surface area contributed by atoms with Crippen molar-refractivity contribution in [2.24, 2.45) is 0 Å². The van der Waals surface area contributed by atoms with Gasteiger partial charge in [-0.3, -0.25) is 0 Å². The van der Waals surface area contributed by atoms with Crippen molar-refractivity contribution in [1.82, 2.24) is 10.2 Å². The van der Waals surface area contributed by atoms with Crippen molar-refractivity contribution in [3.05, 3.63) is 51.2 Å². The largest absolute Gasteiger partial charge is 0.486 e. The van der Waals surface area contributed by atoms with Gasteiger partial charge in [-0.1, -0.05) is 34.8 Å². The lowest BCUT2D eigenvalue weighted by Crippen LogP contribution is -1.99. The minimum atomic E-state index is 0.254. The summed E-state index contributed by atoms with van der Waals surface area (Å²) < 4.78 is 5.48. The summed E-state index contributed by atoms with van der Waals surface area (Å²) in [6.07, 6.45) is 0. The Balaban J connectivity index is 2.07. The van der Waals surface area contributed by atoms with E-state index in [1.54, 1.807) is 30.3 Å². The molecule has 0 aliphatic rings. The molecule has 2 aromatic rings. The van der Waals surface area contributed by atoms with E-state index in [2.05, 4.69) is 10.2 Å². The van der Waals surface area contributed by atoms with Gasteiger partial charge in [-0.25, -0.2) is 0 Å². The van der Waals surface area contributed by atoms with E-state index in [1.165, 1.54) is 0 Å². The predicted octanol–water partition coefficient (Wildman–Crippen LogP) is 4.02. The Morgan fingerprint density at radius 2 is 1.82 bits per heavy atom. The molecular weight excluding hydrogens is 282 g/mol. The lowest BCUT2D eigenvalue weighted by atomic mass is 10.3. The van der Waals surface area contributed by atoms with E-state index < -0.39 is 0 Å². The summed E-state index contributed by atoms with van der Waals surface area (Å²) in [4.78, 5) is 0. The summed E-state index contributed by atoms with van der Waals surface area (Å²) in [7, 11) is 0. The van der Waals surface area contributed by atoms with Gasteiger partial charge in [0, 0.05) is 11.1 Å². The van der Waals surface area contributed by atoms with Crippen molar-refractivity contribution in [1.29, 1.82) is 0 Å². The number of ether oxygens (including phenoxy) is 1. The number of nitrogens with zero attached hydrogens (tertiary/aromatic N) is 2. The minimum Gasteiger partial charge on any atom is -0.486 e. The Bertz CT molecular complexity index is 517. The lowest BCUT2D eigenvalue weighted by molar-refractivity contribution is 0.300. The molecule has 0 atom stereocenters. The molecule has 17 heavy (non-hydrogen) atoms. The quantitative estimate of drug-likeness (QED) is 0.856. The second kappa shape index (κ2) is 5.54. The van der Waals surface area contributed by atoms with Crippen LogP contribution in [0.3, 0.4) is 0 Å². The molecule has 6 heteroatoms. The molecule has 0 bridgehead atoms. The second-order valence-electron chi connectivity index (χ2n) is 3.21. The standard InChI is InChI=1S/C11H7Cl3N2O/c12-7-1-3-9(13)10(5-7)17-6-8-2-4-11(14)16-15-8/h1-5H,6H2. The van der Waals surface area contributed by atoms with Crippen LogP contribution in [0, 0.1) is 0 Å². The van der Waals surface area contributed by atoms with Gasteiger partial charge in [0.2, 0.25) is 0 Å². The van der Waals surface area contributed by atoms with Crippen molar-refractivity contribution in [3.63, 3.8) is 0 Å². The Kier molecular flexibility index (Phi) is 4.05. The smallest absolute Gasteiger partial charge is 0.151 e. The molecule has 1 heterocycles. The first-order valence-corrected chi connectivity index (χ1v) is 5.84. The maximum absolute atomic E-state index is 5.95. The SMILES string of the molecule is Clc1ccc(Cl)c(OCc2ccc(Cl)nn2)c1. The molecule has 0 amide bonds. The predicted molar refractivity (Wildman–Crippen MR) is 67.8 cm³/mol. The van der Waals surface area contributed by atoms with Crippen LogP contribution >= 0.6 is 34.8 Å². The lowest BCUT2D eigenvalue weighted by Gasteiger charge is -2.07. The molecule has 1 aromatic heterocycles. The molecule has 0 spiro atoms. The van der Waals surface area contributed by atoms with Gasteiger partial charge in [0.15, 0.2) is 5.15 Å². The van der Waals surface area contributed by atoms with Crippen molar-refractivity contribution in [2.75, 3.05) is 0 Å². The van der Waals surface area contributed by atoms with E-state index in [0.29, 0.717) is 26.6 Å². The van der Waals surface area contributed by atoms with Crippen molar-refractivity contribution in [3.8, 4) is 5.75 Å². The van der Waals surface area contributed by atoms with E-state index in [4.69, 9.17) is 39.5 Å². The molecular formula is C11H7Cl3N2O. The van der Waals surface area contributed by atoms with Crippen LogP contribution in [0.5, 0.6) is 5.75 Å². The molecule has 2 rings (SSSR count). The summed E-state index contributed by atoms with van der Waals surface area (Å²) in [6, 6.07) is 8.39. The van der Waals surface area contributed by atoms with Crippen molar-refractivity contribution in [2.45, 2.75) is 6.61 Å². The van der Waals surface area contributed by atoms with Gasteiger partial charge < -0.3 is 4.74 Å². The molecule has 0 saturated carbocycles. The zero-order valence-corrected chi connectivity index (χ0v) is 10.8. The number of halogens is 3. The molecule has 0 unspecified atom stereocenters.